The molecular weight excluding hydrogens is 1370 g/mol. The fraction of sp³-hybridized carbons (Fsp3) is 0.803. The van der Waals surface area contributed by atoms with Crippen LogP contribution in [0.3, 0.4) is 0 Å². The van der Waals surface area contributed by atoms with E-state index in [0.29, 0.717) is 181 Å². The highest BCUT2D eigenvalue weighted by molar-refractivity contribution is 8.04. The molecule has 0 aliphatic carbocycles. The van der Waals surface area contributed by atoms with Gasteiger partial charge in [-0.2, -0.15) is 35.3 Å². The molecule has 0 rings (SSSR count). The highest BCUT2D eigenvalue weighted by Gasteiger charge is 2.23. The fourth-order valence-electron chi connectivity index (χ4n) is 8.12. The lowest BCUT2D eigenvalue weighted by Gasteiger charge is -2.26. The summed E-state index contributed by atoms with van der Waals surface area (Å²) in [4.78, 5) is 128. The van der Waals surface area contributed by atoms with Gasteiger partial charge in [0.2, 0.25) is 0 Å². The van der Waals surface area contributed by atoms with Crippen LogP contribution >= 0.6 is 70.6 Å². The maximum Gasteiger partial charge on any atom is 0.136 e. The van der Waals surface area contributed by atoms with Crippen LogP contribution in [-0.4, -0.2) is 296 Å². The monoisotopic (exact) mass is 1500 g/mol. The van der Waals surface area contributed by atoms with Gasteiger partial charge in [0.15, 0.2) is 0 Å². The summed E-state index contributed by atoms with van der Waals surface area (Å²) in [5.74, 6) is 4.88. The van der Waals surface area contributed by atoms with E-state index in [0.717, 1.165) is 136 Å². The molecule has 12 unspecified atom stereocenters. The number of carbonyl (C=O) groups excluding carboxylic acids is 12. The average molecular weight is 1500 g/mol. The molecule has 30 nitrogen and oxygen atoms in total. The van der Waals surface area contributed by atoms with E-state index >= 15 is 0 Å². The van der Waals surface area contributed by atoms with Crippen molar-refractivity contribution in [2.24, 2.45) is 68.8 Å². The molecule has 0 heterocycles. The SMILES string of the molecule is NCCNC(C=O)CC(CC=O)NCCN.NCCNC(C=O)CCC(C=O)NCCN.NCCNC(CC=O)C(CC=O)NCCN.NCCSC(C=O)CC(CC=O)SCCN.NCCSC(C=O)CCC(C=O)SCCN.NCCSC(CC=O)C(CCC=O)SCCN. The second kappa shape index (κ2) is 89.5. The van der Waals surface area contributed by atoms with E-state index in [9.17, 15) is 57.5 Å². The highest BCUT2D eigenvalue weighted by atomic mass is 32.2. The minimum Gasteiger partial charge on any atom is -0.330 e. The number of rotatable bonds is 67. The lowest BCUT2D eigenvalue weighted by atomic mass is 10.0. The number of aldehydes is 12. The van der Waals surface area contributed by atoms with Crippen molar-refractivity contribution in [2.75, 3.05) is 152 Å². The second-order valence-corrected chi connectivity index (χ2v) is 28.8. The smallest absolute Gasteiger partial charge is 0.136 e. The third kappa shape index (κ3) is 74.4. The summed E-state index contributed by atoms with van der Waals surface area (Å²) in [5.41, 5.74) is 64.6. The third-order valence-corrected chi connectivity index (χ3v) is 20.9. The van der Waals surface area contributed by atoms with E-state index in [-0.39, 0.29) is 62.5 Å². The molecule has 0 aromatic carbocycles. The Labute approximate surface area is 604 Å². The number of carbonyl (C=O) groups is 12. The summed E-state index contributed by atoms with van der Waals surface area (Å²) in [6, 6.07) is -0.882. The van der Waals surface area contributed by atoms with Gasteiger partial charge in [0.1, 0.15) is 75.4 Å². The Balaban J connectivity index is -0.000000256. The first-order chi connectivity index (χ1) is 47.2. The minimum absolute atomic E-state index is 0.0125. The van der Waals surface area contributed by atoms with Gasteiger partial charge in [0.05, 0.1) is 33.9 Å². The van der Waals surface area contributed by atoms with Crippen molar-refractivity contribution in [1.29, 1.82) is 0 Å². The molecule has 0 saturated carbocycles. The molecule has 0 saturated heterocycles. The van der Waals surface area contributed by atoms with Crippen LogP contribution in [0.15, 0.2) is 0 Å². The van der Waals surface area contributed by atoms with Gasteiger partial charge in [-0.05, 0) is 44.9 Å². The number of hydrogen-bond acceptors (Lipinski definition) is 36. The Morgan fingerprint density at radius 1 is 0.268 bits per heavy atom. The Bertz CT molecular complexity index is 1660. The molecule has 12 atom stereocenters. The van der Waals surface area contributed by atoms with Crippen LogP contribution in [0, 0.1) is 0 Å². The van der Waals surface area contributed by atoms with Gasteiger partial charge < -0.3 is 158 Å². The van der Waals surface area contributed by atoms with Gasteiger partial charge in [-0.25, -0.2) is 0 Å². The van der Waals surface area contributed by atoms with Gasteiger partial charge in [-0.1, -0.05) is 0 Å². The molecule has 0 bridgehead atoms. The van der Waals surface area contributed by atoms with Crippen molar-refractivity contribution in [2.45, 2.75) is 151 Å². The van der Waals surface area contributed by atoms with Crippen molar-refractivity contribution >= 4 is 146 Å². The van der Waals surface area contributed by atoms with Gasteiger partial charge >= 0.3 is 0 Å². The predicted octanol–water partition coefficient (Wildman–Crippen LogP) is -4.76. The van der Waals surface area contributed by atoms with Crippen LogP contribution < -0.4 is 101 Å². The number of hydrogen-bond donors (Lipinski definition) is 18. The van der Waals surface area contributed by atoms with E-state index in [1.807, 2.05) is 0 Å². The zero-order chi connectivity index (χ0) is 74.1. The Hall–Kier alpha value is -2.58. The van der Waals surface area contributed by atoms with Crippen LogP contribution in [0.25, 0.3) is 0 Å². The minimum atomic E-state index is -0.265. The predicted molar refractivity (Wildman–Crippen MR) is 410 cm³/mol. The molecule has 0 aliphatic heterocycles. The maximum atomic E-state index is 10.8. The van der Waals surface area contributed by atoms with Crippen LogP contribution in [0.5, 0.6) is 0 Å². The van der Waals surface area contributed by atoms with Gasteiger partial charge in [0.25, 0.3) is 0 Å². The van der Waals surface area contributed by atoms with Gasteiger partial charge in [-0.3, -0.25) is 0 Å². The third-order valence-electron chi connectivity index (χ3n) is 12.8. The molecular formula is C61H128N18O12S6. The number of nitrogens with one attached hydrogen (secondary N) is 6. The molecule has 0 spiro atoms. The summed E-state index contributed by atoms with van der Waals surface area (Å²) in [6.07, 6.45) is 18.1. The van der Waals surface area contributed by atoms with Crippen LogP contribution in [0.1, 0.15) is 83.5 Å². The lowest BCUT2D eigenvalue weighted by molar-refractivity contribution is -0.111. The molecule has 0 amide bonds. The zero-order valence-corrected chi connectivity index (χ0v) is 62.2. The normalized spacial score (nSPS) is 14.4. The summed E-state index contributed by atoms with van der Waals surface area (Å²) >= 11 is 9.81. The summed E-state index contributed by atoms with van der Waals surface area (Å²) in [7, 11) is 0. The van der Waals surface area contributed by atoms with Gasteiger partial charge in [0, 0.05) is 225 Å². The first-order valence-electron chi connectivity index (χ1n) is 33.1. The molecule has 0 aliphatic rings. The van der Waals surface area contributed by atoms with E-state index in [2.05, 4.69) is 31.9 Å². The standard InChI is InChI=1S/C11H22N2O2S2.3C10H22N4O2.2C10H20N2O2S2/c12-4-8-16-10(2-1-6-14)11(3-7-15)17-9-5-13;11-3-5-13-9(1-7-15)10(2-8-16)14-6-4-12;11-2-4-13-9(1-6-15)7-10(8-16)14-5-3-12;11-3-5-13-9(7-15)1-2-10(8-16)14-6-4-12;11-2-5-15-9(1-4-13)7-10(8-14)16-6-3-12;11-3-5-15-9(7-13)1-2-10(8-14)16-6-4-12/h6-7,10-11H,1-5,8-9,12-13H2;7-10,13-14H,1-6,11-12H2;6,8-10,13-14H,1-5,7,11-12H2;7-10,13-14H,1-6,11-12H2;4,8-10H,1-3,5-7,11-12H2;7-10H,1-6,11-12H2. The first kappa shape index (κ1) is 105. The van der Waals surface area contributed by atoms with E-state index in [1.54, 1.807) is 70.6 Å². The van der Waals surface area contributed by atoms with E-state index < -0.39 is 0 Å². The highest BCUT2D eigenvalue weighted by Crippen LogP contribution is 2.30. The van der Waals surface area contributed by atoms with Crippen molar-refractivity contribution in [1.82, 2.24) is 31.9 Å². The molecule has 0 aromatic heterocycles. The summed E-state index contributed by atoms with van der Waals surface area (Å²) in [5, 5.41) is 19.0. The van der Waals surface area contributed by atoms with Crippen molar-refractivity contribution < 1.29 is 57.5 Å². The first-order valence-corrected chi connectivity index (χ1v) is 39.4. The number of nitrogens with two attached hydrogens (primary N) is 12. The maximum absolute atomic E-state index is 10.8. The van der Waals surface area contributed by atoms with Crippen molar-refractivity contribution in [3.63, 3.8) is 0 Å². The Morgan fingerprint density at radius 2 is 0.608 bits per heavy atom. The van der Waals surface area contributed by atoms with Crippen LogP contribution in [0.4, 0.5) is 0 Å². The quantitative estimate of drug-likeness (QED) is 0.0254. The largest absolute Gasteiger partial charge is 0.330 e. The fourth-order valence-corrected chi connectivity index (χ4v) is 14.3. The Morgan fingerprint density at radius 3 is 0.959 bits per heavy atom. The molecule has 36 heteroatoms. The van der Waals surface area contributed by atoms with Crippen LogP contribution in [-0.2, 0) is 57.5 Å². The lowest BCUT2D eigenvalue weighted by Crippen LogP contribution is -2.50. The molecule has 570 valence electrons. The Kier molecular flexibility index (Phi) is 97.3. The summed E-state index contributed by atoms with van der Waals surface area (Å²) in [6.45, 7) is 10.2. The van der Waals surface area contributed by atoms with Crippen molar-refractivity contribution in [3.05, 3.63) is 0 Å². The molecule has 0 fully saturated rings. The zero-order valence-electron chi connectivity index (χ0n) is 57.3. The van der Waals surface area contributed by atoms with E-state index in [1.165, 1.54) is 0 Å². The molecule has 0 radical (unpaired) electrons. The molecule has 0 aromatic rings. The number of thioether (sulfide) groups is 6. The molecule has 30 N–H and O–H groups in total. The topological polar surface area (TPSA) is 589 Å². The van der Waals surface area contributed by atoms with Crippen LogP contribution in [0.2, 0.25) is 0 Å². The average Bonchev–Trinajstić information content (AvgIpc) is 2.93. The van der Waals surface area contributed by atoms with Gasteiger partial charge in [-0.15, -0.1) is 35.3 Å². The second-order valence-electron chi connectivity index (χ2n) is 20.7. The summed E-state index contributed by atoms with van der Waals surface area (Å²) < 4.78 is 0. The van der Waals surface area contributed by atoms with E-state index in [4.69, 9.17) is 68.8 Å². The molecule has 97 heavy (non-hydrogen) atoms. The van der Waals surface area contributed by atoms with Crippen molar-refractivity contribution in [3.8, 4) is 0 Å².